The Morgan fingerprint density at radius 2 is 1.92 bits per heavy atom. The predicted octanol–water partition coefficient (Wildman–Crippen LogP) is 3.37. The molecule has 1 aliphatic heterocycles. The Labute approximate surface area is 154 Å². The first-order chi connectivity index (χ1) is 12.6. The smallest absolute Gasteiger partial charge is 0.242 e. The van der Waals surface area contributed by atoms with Crippen molar-refractivity contribution in [2.75, 3.05) is 11.4 Å². The van der Waals surface area contributed by atoms with E-state index in [1.807, 2.05) is 48.2 Å². The van der Waals surface area contributed by atoms with Crippen molar-refractivity contribution in [2.45, 2.75) is 39.2 Å². The summed E-state index contributed by atoms with van der Waals surface area (Å²) in [6.07, 6.45) is 3.23. The van der Waals surface area contributed by atoms with Crippen LogP contribution in [0.15, 0.2) is 48.5 Å². The summed E-state index contributed by atoms with van der Waals surface area (Å²) in [6.45, 7) is 3.19. The summed E-state index contributed by atoms with van der Waals surface area (Å²) in [4.78, 5) is 27.9. The molecular formula is C22H24N2O2. The van der Waals surface area contributed by atoms with Gasteiger partial charge in [-0.05, 0) is 49.8 Å². The lowest BCUT2D eigenvalue weighted by atomic mass is 9.97. The van der Waals surface area contributed by atoms with Gasteiger partial charge in [0.1, 0.15) is 5.41 Å². The van der Waals surface area contributed by atoms with Crippen LogP contribution in [0.1, 0.15) is 36.0 Å². The number of benzene rings is 2. The molecule has 0 atom stereocenters. The van der Waals surface area contributed by atoms with E-state index in [-0.39, 0.29) is 11.8 Å². The van der Waals surface area contributed by atoms with Crippen molar-refractivity contribution in [2.24, 2.45) is 5.41 Å². The second-order valence-electron chi connectivity index (χ2n) is 7.44. The van der Waals surface area contributed by atoms with Crippen LogP contribution in [0.5, 0.6) is 0 Å². The van der Waals surface area contributed by atoms with E-state index in [0.717, 1.165) is 24.1 Å². The van der Waals surface area contributed by atoms with E-state index in [0.29, 0.717) is 25.9 Å². The first-order valence-electron chi connectivity index (χ1n) is 9.34. The third kappa shape index (κ3) is 3.00. The lowest BCUT2D eigenvalue weighted by Gasteiger charge is -2.32. The molecule has 26 heavy (non-hydrogen) atoms. The number of aryl methyl sites for hydroxylation is 2. The largest absolute Gasteiger partial charge is 0.351 e. The lowest BCUT2D eigenvalue weighted by Crippen LogP contribution is -2.47. The lowest BCUT2D eigenvalue weighted by molar-refractivity contribution is -0.135. The van der Waals surface area contributed by atoms with E-state index < -0.39 is 5.41 Å². The van der Waals surface area contributed by atoms with E-state index in [4.69, 9.17) is 0 Å². The van der Waals surface area contributed by atoms with E-state index in [2.05, 4.69) is 17.4 Å². The van der Waals surface area contributed by atoms with Gasteiger partial charge in [0, 0.05) is 18.8 Å². The molecular weight excluding hydrogens is 324 g/mol. The standard InChI is InChI=1S/C22H24N2O2/c1-16-6-4-7-17(14-16)15-23-20(25)22(11-12-22)21(26)24-13-5-9-18-8-2-3-10-19(18)24/h2-4,6-8,10,14H,5,9,11-13,15H2,1H3,(H,23,25). The molecule has 1 N–H and O–H groups in total. The number of nitrogens with zero attached hydrogens (tertiary/aromatic N) is 1. The average molecular weight is 348 g/mol. The second kappa shape index (κ2) is 6.60. The second-order valence-corrected chi connectivity index (χ2v) is 7.44. The van der Waals surface area contributed by atoms with Crippen molar-refractivity contribution in [3.63, 3.8) is 0 Å². The van der Waals surface area contributed by atoms with E-state index in [1.54, 1.807) is 0 Å². The van der Waals surface area contributed by atoms with E-state index in [9.17, 15) is 9.59 Å². The number of fused-ring (bicyclic) bond motifs is 1. The zero-order valence-corrected chi connectivity index (χ0v) is 15.1. The van der Waals surface area contributed by atoms with Gasteiger partial charge < -0.3 is 10.2 Å². The SMILES string of the molecule is Cc1cccc(CNC(=O)C2(C(=O)N3CCCc4ccccc43)CC2)c1. The zero-order chi connectivity index (χ0) is 18.1. The maximum absolute atomic E-state index is 13.2. The normalized spacial score (nSPS) is 17.3. The Morgan fingerprint density at radius 3 is 2.69 bits per heavy atom. The van der Waals surface area contributed by atoms with Gasteiger partial charge in [0.25, 0.3) is 0 Å². The summed E-state index contributed by atoms with van der Waals surface area (Å²) in [5, 5.41) is 2.99. The van der Waals surface area contributed by atoms with Gasteiger partial charge in [0.2, 0.25) is 11.8 Å². The van der Waals surface area contributed by atoms with Gasteiger partial charge in [0.15, 0.2) is 0 Å². The average Bonchev–Trinajstić information content (AvgIpc) is 3.47. The highest BCUT2D eigenvalue weighted by Crippen LogP contribution is 2.49. The summed E-state index contributed by atoms with van der Waals surface area (Å²) in [5.74, 6) is -0.168. The van der Waals surface area contributed by atoms with Crippen LogP contribution in [0.4, 0.5) is 5.69 Å². The molecule has 2 aromatic carbocycles. The maximum atomic E-state index is 13.2. The molecule has 1 saturated carbocycles. The molecule has 0 spiro atoms. The van der Waals surface area contributed by atoms with Crippen molar-refractivity contribution in [3.05, 3.63) is 65.2 Å². The molecule has 2 amide bonds. The molecule has 0 aromatic heterocycles. The number of anilines is 1. The Kier molecular flexibility index (Phi) is 4.27. The first kappa shape index (κ1) is 16.8. The van der Waals surface area contributed by atoms with Crippen molar-refractivity contribution in [1.82, 2.24) is 5.32 Å². The first-order valence-corrected chi connectivity index (χ1v) is 9.34. The minimum absolute atomic E-state index is 0.0357. The molecule has 4 rings (SSSR count). The number of amides is 2. The van der Waals surface area contributed by atoms with Gasteiger partial charge in [0.05, 0.1) is 0 Å². The molecule has 1 aliphatic carbocycles. The number of rotatable bonds is 4. The van der Waals surface area contributed by atoms with Crippen LogP contribution < -0.4 is 10.2 Å². The predicted molar refractivity (Wildman–Crippen MR) is 102 cm³/mol. The zero-order valence-electron chi connectivity index (χ0n) is 15.1. The molecule has 2 aliphatic rings. The number of carbonyl (C=O) groups excluding carboxylic acids is 2. The Balaban J connectivity index is 1.48. The molecule has 4 heteroatoms. The number of carbonyl (C=O) groups is 2. The van der Waals surface area contributed by atoms with Gasteiger partial charge in [-0.25, -0.2) is 0 Å². The van der Waals surface area contributed by atoms with Gasteiger partial charge in [-0.1, -0.05) is 48.0 Å². The third-order valence-corrected chi connectivity index (χ3v) is 5.48. The number of para-hydroxylation sites is 1. The Hall–Kier alpha value is -2.62. The fraction of sp³-hybridized carbons (Fsp3) is 0.364. The van der Waals surface area contributed by atoms with Crippen LogP contribution in [0, 0.1) is 12.3 Å². The van der Waals surface area contributed by atoms with Gasteiger partial charge in [-0.2, -0.15) is 0 Å². The van der Waals surface area contributed by atoms with Crippen LogP contribution in [0.2, 0.25) is 0 Å². The number of nitrogens with one attached hydrogen (secondary N) is 1. The number of hydrogen-bond acceptors (Lipinski definition) is 2. The quantitative estimate of drug-likeness (QED) is 0.861. The molecule has 0 radical (unpaired) electrons. The van der Waals surface area contributed by atoms with Crippen molar-refractivity contribution in [1.29, 1.82) is 0 Å². The molecule has 0 saturated heterocycles. The monoisotopic (exact) mass is 348 g/mol. The highest BCUT2D eigenvalue weighted by Gasteiger charge is 2.58. The summed E-state index contributed by atoms with van der Waals surface area (Å²) >= 11 is 0. The van der Waals surface area contributed by atoms with E-state index >= 15 is 0 Å². The van der Waals surface area contributed by atoms with Gasteiger partial charge in [-0.3, -0.25) is 9.59 Å². The number of hydrogen-bond donors (Lipinski definition) is 1. The highest BCUT2D eigenvalue weighted by molar-refractivity contribution is 6.14. The fourth-order valence-electron chi connectivity index (χ4n) is 3.84. The van der Waals surface area contributed by atoms with Gasteiger partial charge >= 0.3 is 0 Å². The fourth-order valence-corrected chi connectivity index (χ4v) is 3.84. The summed E-state index contributed by atoms with van der Waals surface area (Å²) < 4.78 is 0. The highest BCUT2D eigenvalue weighted by atomic mass is 16.2. The van der Waals surface area contributed by atoms with Crippen molar-refractivity contribution >= 4 is 17.5 Å². The van der Waals surface area contributed by atoms with Gasteiger partial charge in [-0.15, -0.1) is 0 Å². The summed E-state index contributed by atoms with van der Waals surface area (Å²) in [5.41, 5.74) is 3.53. The Morgan fingerprint density at radius 1 is 1.12 bits per heavy atom. The molecule has 0 bridgehead atoms. The van der Waals surface area contributed by atoms with Crippen LogP contribution in [0.25, 0.3) is 0 Å². The molecule has 1 fully saturated rings. The molecule has 134 valence electrons. The molecule has 4 nitrogen and oxygen atoms in total. The Bertz CT molecular complexity index is 855. The summed E-state index contributed by atoms with van der Waals surface area (Å²) in [6, 6.07) is 16.1. The molecule has 0 unspecified atom stereocenters. The van der Waals surface area contributed by atoms with Crippen molar-refractivity contribution in [3.8, 4) is 0 Å². The van der Waals surface area contributed by atoms with Crippen molar-refractivity contribution < 1.29 is 9.59 Å². The van der Waals surface area contributed by atoms with Crippen LogP contribution in [0.3, 0.4) is 0 Å². The van der Waals surface area contributed by atoms with Crippen LogP contribution in [-0.2, 0) is 22.6 Å². The molecule has 2 aromatic rings. The molecule has 1 heterocycles. The van der Waals surface area contributed by atoms with Crippen LogP contribution in [-0.4, -0.2) is 18.4 Å². The topological polar surface area (TPSA) is 49.4 Å². The van der Waals surface area contributed by atoms with E-state index in [1.165, 1.54) is 11.1 Å². The van der Waals surface area contributed by atoms with Crippen LogP contribution >= 0.6 is 0 Å². The maximum Gasteiger partial charge on any atom is 0.242 e. The minimum atomic E-state index is -0.867. The third-order valence-electron chi connectivity index (χ3n) is 5.48. The minimum Gasteiger partial charge on any atom is -0.351 e. The summed E-state index contributed by atoms with van der Waals surface area (Å²) in [7, 11) is 0.